The largest absolute Gasteiger partial charge is 0.493 e. The van der Waals surface area contributed by atoms with Crippen molar-refractivity contribution < 1.29 is 14.2 Å². The summed E-state index contributed by atoms with van der Waals surface area (Å²) < 4.78 is 18.1. The molecule has 1 saturated heterocycles. The van der Waals surface area contributed by atoms with Crippen molar-refractivity contribution in [1.29, 1.82) is 0 Å². The number of benzene rings is 1. The van der Waals surface area contributed by atoms with Crippen LogP contribution in [0.15, 0.2) is 36.5 Å². The van der Waals surface area contributed by atoms with Crippen LogP contribution in [-0.2, 0) is 9.47 Å². The molecule has 36 heavy (non-hydrogen) atoms. The first kappa shape index (κ1) is 28.7. The zero-order chi connectivity index (χ0) is 25.4. The molecule has 2 heterocycles. The van der Waals surface area contributed by atoms with Crippen LogP contribution < -0.4 is 4.74 Å². The van der Waals surface area contributed by atoms with E-state index in [4.69, 9.17) is 19.2 Å². The fourth-order valence-corrected chi connectivity index (χ4v) is 4.87. The van der Waals surface area contributed by atoms with Gasteiger partial charge in [-0.05, 0) is 49.6 Å². The van der Waals surface area contributed by atoms with Crippen molar-refractivity contribution in [3.63, 3.8) is 0 Å². The zero-order valence-corrected chi connectivity index (χ0v) is 23.1. The highest BCUT2D eigenvalue weighted by Gasteiger charge is 2.23. The van der Waals surface area contributed by atoms with E-state index in [-0.39, 0.29) is 6.29 Å². The minimum Gasteiger partial charge on any atom is -0.493 e. The molecule has 0 atom stereocenters. The summed E-state index contributed by atoms with van der Waals surface area (Å²) in [5.74, 6) is 1.49. The fraction of sp³-hybridized carbons (Fsp3) is 0.656. The van der Waals surface area contributed by atoms with Crippen LogP contribution >= 0.6 is 0 Å². The Morgan fingerprint density at radius 3 is 2.11 bits per heavy atom. The molecule has 3 rings (SSSR count). The zero-order valence-electron chi connectivity index (χ0n) is 23.1. The molecule has 0 radical (unpaired) electrons. The first-order valence-corrected chi connectivity index (χ1v) is 14.6. The van der Waals surface area contributed by atoms with Gasteiger partial charge < -0.3 is 14.2 Å². The molecule has 2 aromatic rings. The second kappa shape index (κ2) is 16.8. The summed E-state index contributed by atoms with van der Waals surface area (Å²) in [6.45, 7) is 8.96. The van der Waals surface area contributed by atoms with Gasteiger partial charge in [0.1, 0.15) is 5.75 Å². The summed E-state index contributed by atoms with van der Waals surface area (Å²) in [5, 5.41) is 0. The Labute approximate surface area is 220 Å². The third-order valence-corrected chi connectivity index (χ3v) is 7.22. The Bertz CT molecular complexity index is 843. The molecule has 4 nitrogen and oxygen atoms in total. The van der Waals surface area contributed by atoms with Gasteiger partial charge in [0.2, 0.25) is 0 Å². The van der Waals surface area contributed by atoms with Gasteiger partial charge in [0.25, 0.3) is 0 Å². The van der Waals surface area contributed by atoms with Gasteiger partial charge in [-0.2, -0.15) is 0 Å². The molecule has 0 unspecified atom stereocenters. The third kappa shape index (κ3) is 9.86. The Morgan fingerprint density at radius 1 is 0.806 bits per heavy atom. The molecule has 1 fully saturated rings. The molecule has 1 aromatic heterocycles. The molecule has 200 valence electrons. The number of aryl methyl sites for hydroxylation is 1. The van der Waals surface area contributed by atoms with Crippen molar-refractivity contribution in [3.8, 4) is 17.0 Å². The van der Waals surface area contributed by atoms with Crippen molar-refractivity contribution in [2.45, 2.75) is 111 Å². The van der Waals surface area contributed by atoms with Crippen molar-refractivity contribution in [3.05, 3.63) is 47.7 Å². The number of pyridine rings is 1. The van der Waals surface area contributed by atoms with Crippen LogP contribution in [0.25, 0.3) is 11.3 Å². The van der Waals surface area contributed by atoms with Crippen molar-refractivity contribution in [2.75, 3.05) is 19.8 Å². The normalized spacial score (nSPS) is 17.9. The molecular weight excluding hydrogens is 446 g/mol. The van der Waals surface area contributed by atoms with Gasteiger partial charge in [-0.15, -0.1) is 0 Å². The van der Waals surface area contributed by atoms with E-state index in [0.717, 1.165) is 54.4 Å². The first-order valence-electron chi connectivity index (χ1n) is 14.6. The highest BCUT2D eigenvalue weighted by atomic mass is 16.7. The summed E-state index contributed by atoms with van der Waals surface area (Å²) in [6.07, 6.45) is 18.6. The number of unbranched alkanes of at least 4 members (excludes halogenated alkanes) is 10. The minimum absolute atomic E-state index is 0.299. The van der Waals surface area contributed by atoms with E-state index in [0.29, 0.717) is 5.92 Å². The molecule has 1 aromatic carbocycles. The number of aromatic nitrogens is 1. The van der Waals surface area contributed by atoms with Gasteiger partial charge >= 0.3 is 0 Å². The molecule has 0 saturated carbocycles. The second-order valence-electron chi connectivity index (χ2n) is 10.5. The lowest BCUT2D eigenvalue weighted by Crippen LogP contribution is -2.27. The second-order valence-corrected chi connectivity index (χ2v) is 10.5. The maximum atomic E-state index is 6.06. The van der Waals surface area contributed by atoms with Crippen LogP contribution in [0.4, 0.5) is 0 Å². The lowest BCUT2D eigenvalue weighted by molar-refractivity contribution is -0.206. The van der Waals surface area contributed by atoms with E-state index in [1.807, 2.05) is 6.20 Å². The van der Waals surface area contributed by atoms with E-state index >= 15 is 0 Å². The molecule has 0 N–H and O–H groups in total. The van der Waals surface area contributed by atoms with Crippen molar-refractivity contribution >= 4 is 0 Å². The van der Waals surface area contributed by atoms with Crippen molar-refractivity contribution in [2.24, 2.45) is 5.92 Å². The molecule has 1 aliphatic rings. The van der Waals surface area contributed by atoms with Gasteiger partial charge in [-0.3, -0.25) is 4.98 Å². The van der Waals surface area contributed by atoms with Crippen LogP contribution in [0.1, 0.15) is 115 Å². The van der Waals surface area contributed by atoms with E-state index in [9.17, 15) is 0 Å². The lowest BCUT2D eigenvalue weighted by Gasteiger charge is -2.29. The fourth-order valence-electron chi connectivity index (χ4n) is 4.87. The smallest absolute Gasteiger partial charge is 0.185 e. The predicted molar refractivity (Wildman–Crippen MR) is 149 cm³/mol. The quantitative estimate of drug-likeness (QED) is 0.205. The monoisotopic (exact) mass is 495 g/mol. The van der Waals surface area contributed by atoms with Crippen LogP contribution in [0, 0.1) is 12.8 Å². The SMILES string of the molecule is CCCCCCCCCCC1COC(c2ccc(-c3ccc(OCCCCCC)c(C)c3)nc2)OC1. The molecule has 4 heteroatoms. The summed E-state index contributed by atoms with van der Waals surface area (Å²) >= 11 is 0. The van der Waals surface area contributed by atoms with E-state index in [1.54, 1.807) is 0 Å². The predicted octanol–water partition coefficient (Wildman–Crippen LogP) is 9.21. The third-order valence-electron chi connectivity index (χ3n) is 7.22. The first-order chi connectivity index (χ1) is 17.7. The topological polar surface area (TPSA) is 40.6 Å². The number of rotatable bonds is 17. The van der Waals surface area contributed by atoms with E-state index in [1.165, 1.54) is 77.0 Å². The summed E-state index contributed by atoms with van der Waals surface area (Å²) in [4.78, 5) is 4.71. The van der Waals surface area contributed by atoms with Gasteiger partial charge in [-0.25, -0.2) is 0 Å². The lowest BCUT2D eigenvalue weighted by atomic mass is 10.0. The summed E-state index contributed by atoms with van der Waals surface area (Å²) in [5.41, 5.74) is 4.21. The Balaban J connectivity index is 1.38. The maximum absolute atomic E-state index is 6.06. The molecule has 0 aliphatic carbocycles. The molecule has 0 amide bonds. The Hall–Kier alpha value is -1.91. The number of nitrogens with zero attached hydrogens (tertiary/aromatic N) is 1. The van der Waals surface area contributed by atoms with E-state index in [2.05, 4.69) is 51.1 Å². The Morgan fingerprint density at radius 2 is 1.47 bits per heavy atom. The number of ether oxygens (including phenoxy) is 3. The molecule has 0 bridgehead atoms. The summed E-state index contributed by atoms with van der Waals surface area (Å²) in [7, 11) is 0. The molecular formula is C32H49NO3. The number of hydrogen-bond donors (Lipinski definition) is 0. The van der Waals surface area contributed by atoms with Gasteiger partial charge in [-0.1, -0.05) is 90.5 Å². The highest BCUT2D eigenvalue weighted by molar-refractivity contribution is 5.62. The molecule has 1 aliphatic heterocycles. The summed E-state index contributed by atoms with van der Waals surface area (Å²) in [6, 6.07) is 10.5. The number of hydrogen-bond acceptors (Lipinski definition) is 4. The van der Waals surface area contributed by atoms with E-state index < -0.39 is 0 Å². The van der Waals surface area contributed by atoms with Crippen LogP contribution in [0.5, 0.6) is 5.75 Å². The minimum atomic E-state index is -0.299. The Kier molecular flexibility index (Phi) is 13.3. The highest BCUT2D eigenvalue weighted by Crippen LogP contribution is 2.29. The van der Waals surface area contributed by atoms with Gasteiger partial charge in [0.05, 0.1) is 25.5 Å². The average Bonchev–Trinajstić information content (AvgIpc) is 2.91. The van der Waals surface area contributed by atoms with Crippen LogP contribution in [0.2, 0.25) is 0 Å². The van der Waals surface area contributed by atoms with Crippen molar-refractivity contribution in [1.82, 2.24) is 4.98 Å². The van der Waals surface area contributed by atoms with Gasteiger partial charge in [0, 0.05) is 23.2 Å². The average molecular weight is 496 g/mol. The van der Waals surface area contributed by atoms with Crippen LogP contribution in [0.3, 0.4) is 0 Å². The standard InChI is InChI=1S/C32H49NO3/c1-4-6-8-10-11-12-13-14-16-27-24-35-32(36-25-27)29-17-19-30(33-23-29)28-18-20-31(26(3)22-28)34-21-15-9-7-5-2/h17-20,22-23,27,32H,4-16,21,24-25H2,1-3H3. The van der Waals surface area contributed by atoms with Crippen LogP contribution in [-0.4, -0.2) is 24.8 Å². The van der Waals surface area contributed by atoms with Gasteiger partial charge in [0.15, 0.2) is 6.29 Å². The molecule has 0 spiro atoms. The maximum Gasteiger partial charge on any atom is 0.185 e.